The highest BCUT2D eigenvalue weighted by molar-refractivity contribution is 5.72. The molecule has 0 aliphatic heterocycles. The van der Waals surface area contributed by atoms with Gasteiger partial charge in [-0.2, -0.15) is 4.98 Å². The number of hydrogen-bond donors (Lipinski definition) is 1. The fourth-order valence-corrected chi connectivity index (χ4v) is 3.32. The van der Waals surface area contributed by atoms with E-state index in [0.29, 0.717) is 5.88 Å². The number of anilines is 3. The maximum atomic E-state index is 5.61. The molecule has 0 aliphatic rings. The van der Waals surface area contributed by atoms with Gasteiger partial charge in [0.2, 0.25) is 11.8 Å². The number of methoxy groups -OCH3 is 1. The summed E-state index contributed by atoms with van der Waals surface area (Å²) in [4.78, 5) is 11.7. The molecular formula is C21H32N4O. The predicted molar refractivity (Wildman–Crippen MR) is 110 cm³/mol. The van der Waals surface area contributed by atoms with Crippen molar-refractivity contribution in [3.8, 4) is 5.88 Å². The number of hydrogen-bond acceptors (Lipinski definition) is 5. The second kappa shape index (κ2) is 8.88. The molecule has 0 aliphatic carbocycles. The molecule has 142 valence electrons. The zero-order valence-electron chi connectivity index (χ0n) is 17.2. The van der Waals surface area contributed by atoms with E-state index >= 15 is 0 Å². The van der Waals surface area contributed by atoms with Crippen LogP contribution in [0.25, 0.3) is 0 Å². The highest BCUT2D eigenvalue weighted by Gasteiger charge is 2.17. The second-order valence-electron chi connectivity index (χ2n) is 6.88. The van der Waals surface area contributed by atoms with Gasteiger partial charge >= 0.3 is 0 Å². The van der Waals surface area contributed by atoms with Gasteiger partial charge in [0, 0.05) is 18.8 Å². The van der Waals surface area contributed by atoms with Gasteiger partial charge in [0.05, 0.1) is 12.8 Å². The maximum absolute atomic E-state index is 5.61. The Morgan fingerprint density at radius 3 is 2.00 bits per heavy atom. The summed E-state index contributed by atoms with van der Waals surface area (Å²) in [6.07, 6.45) is 2.12. The molecule has 1 N–H and O–H groups in total. The van der Waals surface area contributed by atoms with Crippen molar-refractivity contribution >= 4 is 17.3 Å². The highest BCUT2D eigenvalue weighted by atomic mass is 16.5. The first-order chi connectivity index (χ1) is 12.4. The summed E-state index contributed by atoms with van der Waals surface area (Å²) in [5, 5.41) is 3.52. The number of benzene rings is 1. The van der Waals surface area contributed by atoms with Crippen LogP contribution in [0.4, 0.5) is 17.3 Å². The van der Waals surface area contributed by atoms with E-state index < -0.39 is 0 Å². The van der Waals surface area contributed by atoms with E-state index in [9.17, 15) is 0 Å². The van der Waals surface area contributed by atoms with Crippen LogP contribution in [0.3, 0.4) is 0 Å². The second-order valence-corrected chi connectivity index (χ2v) is 6.88. The van der Waals surface area contributed by atoms with Gasteiger partial charge in [-0.3, -0.25) is 0 Å². The molecule has 2 rings (SSSR count). The molecule has 0 radical (unpaired) electrons. The van der Waals surface area contributed by atoms with Crippen molar-refractivity contribution < 1.29 is 4.74 Å². The first kappa shape index (κ1) is 20.0. The summed E-state index contributed by atoms with van der Waals surface area (Å²) in [7, 11) is 1.66. The normalized spacial score (nSPS) is 10.7. The standard InChI is InChI=1S/C21H32N4O/c1-8-10-25(11-9-2)21-22-17(6)19(20(24-21)26-7)23-18-15(4)12-14(3)13-16(18)5/h12-13,23H,8-11H2,1-7H3. The number of nitrogens with zero attached hydrogens (tertiary/aromatic N) is 3. The van der Waals surface area contributed by atoms with E-state index in [1.807, 2.05) is 6.92 Å². The van der Waals surface area contributed by atoms with E-state index in [0.717, 1.165) is 48.9 Å². The Bertz CT molecular complexity index is 729. The van der Waals surface area contributed by atoms with Crippen molar-refractivity contribution in [2.75, 3.05) is 30.4 Å². The molecule has 2 aromatic rings. The highest BCUT2D eigenvalue weighted by Crippen LogP contribution is 2.33. The van der Waals surface area contributed by atoms with Crippen LogP contribution in [-0.2, 0) is 0 Å². The predicted octanol–water partition coefficient (Wildman–Crippen LogP) is 5.09. The topological polar surface area (TPSA) is 50.3 Å². The van der Waals surface area contributed by atoms with Crippen LogP contribution in [0.1, 0.15) is 49.1 Å². The lowest BCUT2D eigenvalue weighted by atomic mass is 10.0. The van der Waals surface area contributed by atoms with E-state index in [-0.39, 0.29) is 0 Å². The lowest BCUT2D eigenvalue weighted by Gasteiger charge is -2.24. The Kier molecular flexibility index (Phi) is 6.83. The molecule has 0 unspecified atom stereocenters. The summed E-state index contributed by atoms with van der Waals surface area (Å²) in [6.45, 7) is 14.6. The van der Waals surface area contributed by atoms with Crippen molar-refractivity contribution in [3.05, 3.63) is 34.5 Å². The molecule has 0 fully saturated rings. The van der Waals surface area contributed by atoms with Crippen molar-refractivity contribution in [2.45, 2.75) is 54.4 Å². The smallest absolute Gasteiger partial charge is 0.242 e. The number of ether oxygens (including phenoxy) is 1. The van der Waals surface area contributed by atoms with Crippen molar-refractivity contribution in [1.82, 2.24) is 9.97 Å². The zero-order chi connectivity index (χ0) is 19.3. The van der Waals surface area contributed by atoms with Crippen LogP contribution >= 0.6 is 0 Å². The molecule has 1 heterocycles. The van der Waals surface area contributed by atoms with Gasteiger partial charge in [0.1, 0.15) is 5.69 Å². The molecule has 0 saturated carbocycles. The van der Waals surface area contributed by atoms with Crippen LogP contribution in [0.5, 0.6) is 5.88 Å². The molecule has 5 heteroatoms. The van der Waals surface area contributed by atoms with E-state index in [1.165, 1.54) is 16.7 Å². The van der Waals surface area contributed by atoms with Gasteiger partial charge in [-0.25, -0.2) is 4.98 Å². The lowest BCUT2D eigenvalue weighted by molar-refractivity contribution is 0.398. The Balaban J connectivity index is 2.44. The van der Waals surface area contributed by atoms with Crippen LogP contribution in [0.2, 0.25) is 0 Å². The number of aromatic nitrogens is 2. The van der Waals surface area contributed by atoms with Gasteiger partial charge in [0.15, 0.2) is 0 Å². The van der Waals surface area contributed by atoms with Crippen LogP contribution in [0.15, 0.2) is 12.1 Å². The monoisotopic (exact) mass is 356 g/mol. The summed E-state index contributed by atoms with van der Waals surface area (Å²) in [5.74, 6) is 1.33. The van der Waals surface area contributed by atoms with Crippen molar-refractivity contribution in [2.24, 2.45) is 0 Å². The van der Waals surface area contributed by atoms with Crippen LogP contribution in [-0.4, -0.2) is 30.2 Å². The largest absolute Gasteiger partial charge is 0.479 e. The minimum absolute atomic E-state index is 0.587. The minimum atomic E-state index is 0.587. The molecule has 0 bridgehead atoms. The summed E-state index contributed by atoms with van der Waals surface area (Å²) in [5.41, 5.74) is 6.48. The molecule has 5 nitrogen and oxygen atoms in total. The van der Waals surface area contributed by atoms with E-state index in [4.69, 9.17) is 14.7 Å². The van der Waals surface area contributed by atoms with Gasteiger partial charge in [-0.15, -0.1) is 0 Å². The Labute approximate surface area is 157 Å². The fraction of sp³-hybridized carbons (Fsp3) is 0.524. The van der Waals surface area contributed by atoms with Gasteiger partial charge < -0.3 is 15.0 Å². The Hall–Kier alpha value is -2.30. The molecule has 1 aromatic heterocycles. The lowest BCUT2D eigenvalue weighted by Crippen LogP contribution is -2.27. The number of aryl methyl sites for hydroxylation is 4. The van der Waals surface area contributed by atoms with Crippen LogP contribution < -0.4 is 15.0 Å². The quantitative estimate of drug-likeness (QED) is 0.714. The average Bonchev–Trinajstić information content (AvgIpc) is 2.58. The van der Waals surface area contributed by atoms with Gasteiger partial charge in [-0.1, -0.05) is 31.5 Å². The Morgan fingerprint density at radius 2 is 1.50 bits per heavy atom. The average molecular weight is 357 g/mol. The molecule has 0 atom stereocenters. The number of rotatable bonds is 8. The third-order valence-corrected chi connectivity index (χ3v) is 4.44. The van der Waals surface area contributed by atoms with E-state index in [2.05, 4.69) is 57.0 Å². The van der Waals surface area contributed by atoms with Crippen molar-refractivity contribution in [3.63, 3.8) is 0 Å². The summed E-state index contributed by atoms with van der Waals surface area (Å²) < 4.78 is 5.61. The third kappa shape index (κ3) is 4.45. The molecule has 0 saturated heterocycles. The zero-order valence-corrected chi connectivity index (χ0v) is 17.2. The fourth-order valence-electron chi connectivity index (χ4n) is 3.32. The maximum Gasteiger partial charge on any atom is 0.242 e. The molecular weight excluding hydrogens is 324 g/mol. The van der Waals surface area contributed by atoms with Gasteiger partial charge in [0.25, 0.3) is 0 Å². The molecule has 0 spiro atoms. The molecule has 0 amide bonds. The minimum Gasteiger partial charge on any atom is -0.479 e. The van der Waals surface area contributed by atoms with Gasteiger partial charge in [-0.05, 0) is 51.7 Å². The molecule has 1 aromatic carbocycles. The Morgan fingerprint density at radius 1 is 0.923 bits per heavy atom. The molecule has 26 heavy (non-hydrogen) atoms. The van der Waals surface area contributed by atoms with Crippen molar-refractivity contribution in [1.29, 1.82) is 0 Å². The number of nitrogens with one attached hydrogen (secondary N) is 1. The van der Waals surface area contributed by atoms with E-state index in [1.54, 1.807) is 7.11 Å². The third-order valence-electron chi connectivity index (χ3n) is 4.44. The first-order valence-corrected chi connectivity index (χ1v) is 9.43. The summed E-state index contributed by atoms with van der Waals surface area (Å²) in [6, 6.07) is 4.35. The van der Waals surface area contributed by atoms with Crippen LogP contribution in [0, 0.1) is 27.7 Å². The first-order valence-electron chi connectivity index (χ1n) is 9.43. The summed E-state index contributed by atoms with van der Waals surface area (Å²) >= 11 is 0. The SMILES string of the molecule is CCCN(CCC)c1nc(C)c(Nc2c(C)cc(C)cc2C)c(OC)n1.